The van der Waals surface area contributed by atoms with Gasteiger partial charge in [-0.25, -0.2) is 9.97 Å². The maximum absolute atomic E-state index is 12.4. The van der Waals surface area contributed by atoms with Gasteiger partial charge in [-0.05, 0) is 42.7 Å². The van der Waals surface area contributed by atoms with Crippen molar-refractivity contribution in [3.63, 3.8) is 0 Å². The minimum Gasteiger partial charge on any atom is -0.497 e. The number of hydrogen-bond acceptors (Lipinski definition) is 6. The number of carbonyl (C=O) groups excluding carboxylic acids is 1. The van der Waals surface area contributed by atoms with Gasteiger partial charge in [0.05, 0.1) is 7.11 Å². The van der Waals surface area contributed by atoms with E-state index in [0.717, 1.165) is 17.7 Å². The first-order valence-electron chi connectivity index (χ1n) is 9.03. The van der Waals surface area contributed by atoms with Crippen LogP contribution < -0.4 is 15.4 Å². The molecule has 0 radical (unpaired) electrons. The highest BCUT2D eigenvalue weighted by molar-refractivity contribution is 5.92. The van der Waals surface area contributed by atoms with Gasteiger partial charge in [-0.1, -0.05) is 18.2 Å². The van der Waals surface area contributed by atoms with Gasteiger partial charge in [-0.15, -0.1) is 0 Å². The molecule has 0 fully saturated rings. The van der Waals surface area contributed by atoms with Gasteiger partial charge in [0.25, 0.3) is 5.91 Å². The Labute approximate surface area is 164 Å². The highest BCUT2D eigenvalue weighted by atomic mass is 16.5. The fourth-order valence-electron chi connectivity index (χ4n) is 2.68. The molecule has 2 aromatic heterocycles. The zero-order chi connectivity index (χ0) is 19.8. The van der Waals surface area contributed by atoms with Crippen molar-refractivity contribution >= 4 is 11.7 Å². The molecule has 0 unspecified atom stereocenters. The monoisotopic (exact) mass is 377 g/mol. The molecule has 2 N–H and O–H groups in total. The van der Waals surface area contributed by atoms with E-state index in [0.29, 0.717) is 30.4 Å². The Kier molecular flexibility index (Phi) is 6.51. The van der Waals surface area contributed by atoms with E-state index in [1.165, 1.54) is 5.56 Å². The highest BCUT2D eigenvalue weighted by Gasteiger charge is 2.10. The van der Waals surface area contributed by atoms with Crippen LogP contribution in [0.4, 0.5) is 5.82 Å². The molecule has 7 heteroatoms. The fourth-order valence-corrected chi connectivity index (χ4v) is 2.68. The van der Waals surface area contributed by atoms with Crippen LogP contribution >= 0.6 is 0 Å². The van der Waals surface area contributed by atoms with Crippen molar-refractivity contribution in [1.29, 1.82) is 0 Å². The largest absolute Gasteiger partial charge is 0.497 e. The molecule has 144 valence electrons. The summed E-state index contributed by atoms with van der Waals surface area (Å²) >= 11 is 0. The molecule has 28 heavy (non-hydrogen) atoms. The summed E-state index contributed by atoms with van der Waals surface area (Å²) in [5, 5.41) is 6.11. The van der Waals surface area contributed by atoms with Gasteiger partial charge in [0.15, 0.2) is 0 Å². The van der Waals surface area contributed by atoms with Crippen molar-refractivity contribution in [3.05, 3.63) is 77.5 Å². The van der Waals surface area contributed by atoms with Gasteiger partial charge in [0.1, 0.15) is 23.1 Å². The average Bonchev–Trinajstić information content (AvgIpc) is 2.73. The minimum atomic E-state index is -0.243. The summed E-state index contributed by atoms with van der Waals surface area (Å²) in [6, 6.07) is 13.3. The number of aryl methyl sites for hydroxylation is 1. The van der Waals surface area contributed by atoms with Gasteiger partial charge in [0.2, 0.25) is 0 Å². The highest BCUT2D eigenvalue weighted by Crippen LogP contribution is 2.12. The molecule has 2 heterocycles. The quantitative estimate of drug-likeness (QED) is 0.627. The molecule has 0 aliphatic rings. The number of anilines is 1. The second-order valence-electron chi connectivity index (χ2n) is 6.25. The van der Waals surface area contributed by atoms with E-state index in [4.69, 9.17) is 4.74 Å². The molecule has 0 bridgehead atoms. The summed E-state index contributed by atoms with van der Waals surface area (Å²) in [6.07, 6.45) is 4.25. The molecule has 0 atom stereocenters. The zero-order valence-corrected chi connectivity index (χ0v) is 16.0. The summed E-state index contributed by atoms with van der Waals surface area (Å²) < 4.78 is 5.17. The van der Waals surface area contributed by atoms with E-state index in [1.54, 1.807) is 32.5 Å². The molecule has 1 aromatic carbocycles. The van der Waals surface area contributed by atoms with Crippen LogP contribution in [-0.4, -0.2) is 34.5 Å². The summed E-state index contributed by atoms with van der Waals surface area (Å²) in [6.45, 7) is 2.86. The maximum atomic E-state index is 12.4. The Morgan fingerprint density at radius 1 is 1.11 bits per heavy atom. The number of nitrogens with one attached hydrogen (secondary N) is 2. The van der Waals surface area contributed by atoms with Gasteiger partial charge in [0, 0.05) is 31.5 Å². The lowest BCUT2D eigenvalue weighted by atomic mass is 10.1. The number of pyridine rings is 1. The second kappa shape index (κ2) is 9.45. The number of aromatic nitrogens is 3. The van der Waals surface area contributed by atoms with Crippen LogP contribution in [0.25, 0.3) is 0 Å². The SMILES string of the molecule is COc1ccc(CCNc2cc(C(=O)NCc3cccnc3)nc(C)n2)cc1. The molecule has 0 saturated carbocycles. The number of methoxy groups -OCH3 is 1. The van der Waals surface area contributed by atoms with Crippen LogP contribution in [0.3, 0.4) is 0 Å². The van der Waals surface area contributed by atoms with Crippen molar-refractivity contribution in [3.8, 4) is 5.75 Å². The Hall–Kier alpha value is -3.48. The predicted molar refractivity (Wildman–Crippen MR) is 107 cm³/mol. The summed E-state index contributed by atoms with van der Waals surface area (Å²) in [5.74, 6) is 1.77. The van der Waals surface area contributed by atoms with Crippen molar-refractivity contribution in [1.82, 2.24) is 20.3 Å². The lowest BCUT2D eigenvalue weighted by Crippen LogP contribution is -2.24. The van der Waals surface area contributed by atoms with Crippen LogP contribution in [0.1, 0.15) is 27.4 Å². The smallest absolute Gasteiger partial charge is 0.270 e. The first kappa shape index (κ1) is 19.3. The van der Waals surface area contributed by atoms with E-state index in [9.17, 15) is 4.79 Å². The summed E-state index contributed by atoms with van der Waals surface area (Å²) in [4.78, 5) is 25.1. The first-order chi connectivity index (χ1) is 13.6. The van der Waals surface area contributed by atoms with Crippen molar-refractivity contribution in [2.75, 3.05) is 19.0 Å². The molecule has 0 saturated heterocycles. The predicted octanol–water partition coefficient (Wildman–Crippen LogP) is 2.77. The molecule has 3 aromatic rings. The number of nitrogens with zero attached hydrogens (tertiary/aromatic N) is 3. The van der Waals surface area contributed by atoms with E-state index in [2.05, 4.69) is 25.6 Å². The van der Waals surface area contributed by atoms with Gasteiger partial charge in [-0.2, -0.15) is 0 Å². The van der Waals surface area contributed by atoms with E-state index in [-0.39, 0.29) is 5.91 Å². The number of rotatable bonds is 8. The molecule has 0 aliphatic carbocycles. The van der Waals surface area contributed by atoms with Crippen LogP contribution in [0, 0.1) is 6.92 Å². The fraction of sp³-hybridized carbons (Fsp3) is 0.238. The third kappa shape index (κ3) is 5.51. The van der Waals surface area contributed by atoms with Gasteiger partial charge < -0.3 is 15.4 Å². The van der Waals surface area contributed by atoms with Crippen molar-refractivity contribution < 1.29 is 9.53 Å². The third-order valence-corrected chi connectivity index (χ3v) is 4.13. The van der Waals surface area contributed by atoms with Crippen LogP contribution in [0.2, 0.25) is 0 Å². The number of carbonyl (C=O) groups is 1. The number of benzene rings is 1. The van der Waals surface area contributed by atoms with E-state index in [1.807, 2.05) is 36.4 Å². The molecular weight excluding hydrogens is 354 g/mol. The summed E-state index contributed by atoms with van der Waals surface area (Å²) in [5.41, 5.74) is 2.45. The van der Waals surface area contributed by atoms with Crippen LogP contribution in [0.5, 0.6) is 5.75 Å². The maximum Gasteiger partial charge on any atom is 0.270 e. The average molecular weight is 377 g/mol. The van der Waals surface area contributed by atoms with Gasteiger partial charge >= 0.3 is 0 Å². The van der Waals surface area contributed by atoms with Crippen molar-refractivity contribution in [2.45, 2.75) is 19.9 Å². The second-order valence-corrected chi connectivity index (χ2v) is 6.25. The Morgan fingerprint density at radius 2 is 1.93 bits per heavy atom. The minimum absolute atomic E-state index is 0.243. The topological polar surface area (TPSA) is 89.0 Å². The molecule has 1 amide bonds. The van der Waals surface area contributed by atoms with Gasteiger partial charge in [-0.3, -0.25) is 9.78 Å². The number of amides is 1. The lowest BCUT2D eigenvalue weighted by Gasteiger charge is -2.09. The molecule has 3 rings (SSSR count). The van der Waals surface area contributed by atoms with E-state index < -0.39 is 0 Å². The normalized spacial score (nSPS) is 10.4. The molecule has 0 aliphatic heterocycles. The Balaban J connectivity index is 1.56. The first-order valence-corrected chi connectivity index (χ1v) is 9.03. The van der Waals surface area contributed by atoms with E-state index >= 15 is 0 Å². The molecule has 0 spiro atoms. The Morgan fingerprint density at radius 3 is 2.64 bits per heavy atom. The molecule has 7 nitrogen and oxygen atoms in total. The standard InChI is InChI=1S/C21H23N5O2/c1-15-25-19(21(27)24-14-17-4-3-10-22-13-17)12-20(26-15)23-11-9-16-5-7-18(28-2)8-6-16/h3-8,10,12-13H,9,11,14H2,1-2H3,(H,24,27)(H,23,25,26). The lowest BCUT2D eigenvalue weighted by molar-refractivity contribution is 0.0945. The third-order valence-electron chi connectivity index (χ3n) is 4.13. The molecular formula is C21H23N5O2. The summed E-state index contributed by atoms with van der Waals surface area (Å²) in [7, 11) is 1.65. The Bertz CT molecular complexity index is 914. The van der Waals surface area contributed by atoms with Crippen molar-refractivity contribution in [2.24, 2.45) is 0 Å². The number of hydrogen-bond donors (Lipinski definition) is 2. The zero-order valence-electron chi connectivity index (χ0n) is 16.0. The van der Waals surface area contributed by atoms with Crippen LogP contribution in [0.15, 0.2) is 54.9 Å². The number of ether oxygens (including phenoxy) is 1. The van der Waals surface area contributed by atoms with Crippen LogP contribution in [-0.2, 0) is 13.0 Å².